The summed E-state index contributed by atoms with van der Waals surface area (Å²) < 4.78 is 5.75. The Bertz CT molecular complexity index is 918. The van der Waals surface area contributed by atoms with Gasteiger partial charge in [0, 0.05) is 17.8 Å². The Morgan fingerprint density at radius 3 is 2.88 bits per heavy atom. The fourth-order valence-corrected chi connectivity index (χ4v) is 3.05. The normalized spacial score (nSPS) is 17.5. The van der Waals surface area contributed by atoms with Gasteiger partial charge >= 0.3 is 5.97 Å². The summed E-state index contributed by atoms with van der Waals surface area (Å²) in [5, 5.41) is 19.1. The topological polar surface area (TPSA) is 86.8 Å². The lowest BCUT2D eigenvalue weighted by atomic mass is 10.1. The number of aromatic carboxylic acids is 1. The number of benzene rings is 2. The van der Waals surface area contributed by atoms with Crippen LogP contribution in [0.1, 0.15) is 23.2 Å². The van der Waals surface area contributed by atoms with Crippen LogP contribution in [0, 0.1) is 0 Å². The van der Waals surface area contributed by atoms with Crippen LogP contribution in [-0.4, -0.2) is 33.9 Å². The van der Waals surface area contributed by atoms with Gasteiger partial charge in [-0.3, -0.25) is 0 Å². The summed E-state index contributed by atoms with van der Waals surface area (Å²) in [5.74, 6) is -0.606. The highest BCUT2D eigenvalue weighted by Crippen LogP contribution is 2.30. The number of hydrogen-bond acceptors (Lipinski definition) is 5. The molecule has 3 aromatic rings. The van der Waals surface area contributed by atoms with Gasteiger partial charge in [-0.15, -0.1) is 0 Å². The molecule has 0 unspecified atom stereocenters. The van der Waals surface area contributed by atoms with Crippen LogP contribution in [0.3, 0.4) is 0 Å². The Morgan fingerprint density at radius 2 is 2.12 bits per heavy atom. The van der Waals surface area contributed by atoms with E-state index in [1.165, 1.54) is 12.1 Å². The number of carbonyl (C=O) groups is 1. The Hall–Kier alpha value is -2.86. The summed E-state index contributed by atoms with van der Waals surface area (Å²) in [4.78, 5) is 17.5. The van der Waals surface area contributed by atoms with Gasteiger partial charge in [-0.25, -0.2) is 9.78 Å². The molecule has 4 rings (SSSR count). The van der Waals surface area contributed by atoms with Crippen molar-refractivity contribution in [2.24, 2.45) is 0 Å². The molecule has 0 aliphatic carbocycles. The summed E-state index contributed by atoms with van der Waals surface area (Å²) in [6, 6.07) is 12.1. The number of oxazole rings is 1. The summed E-state index contributed by atoms with van der Waals surface area (Å²) in [6.07, 6.45) is 1.27. The molecule has 1 aromatic heterocycles. The highest BCUT2D eigenvalue weighted by atomic mass is 16.4. The number of aromatic nitrogens is 1. The summed E-state index contributed by atoms with van der Waals surface area (Å²) in [5.41, 5.74) is 3.03. The van der Waals surface area contributed by atoms with Gasteiger partial charge < -0.3 is 19.5 Å². The van der Waals surface area contributed by atoms with Crippen molar-refractivity contribution in [1.29, 1.82) is 0 Å². The molecule has 1 aliphatic heterocycles. The standard InChI is InChI=1S/C18H16N2O4/c21-16-5-2-8-20(16)13-6-7-15-14(10-13)19-17(24-15)11-3-1-4-12(9-11)18(22)23/h1,3-4,6-7,9-10,16,21H,2,5,8H2,(H,22,23)/t16-/m0/s1. The molecule has 6 nitrogen and oxygen atoms in total. The molecule has 0 amide bonds. The maximum absolute atomic E-state index is 11.1. The van der Waals surface area contributed by atoms with Crippen LogP contribution >= 0.6 is 0 Å². The first-order chi connectivity index (χ1) is 11.6. The number of hydrogen-bond donors (Lipinski definition) is 2. The van der Waals surface area contributed by atoms with Crippen LogP contribution in [0.5, 0.6) is 0 Å². The molecule has 2 aromatic carbocycles. The highest BCUT2D eigenvalue weighted by molar-refractivity contribution is 5.89. The minimum absolute atomic E-state index is 0.190. The zero-order valence-corrected chi connectivity index (χ0v) is 12.8. The molecule has 1 atom stereocenters. The van der Waals surface area contributed by atoms with E-state index in [4.69, 9.17) is 9.52 Å². The average Bonchev–Trinajstić information content (AvgIpc) is 3.20. The van der Waals surface area contributed by atoms with E-state index in [0.29, 0.717) is 22.6 Å². The van der Waals surface area contributed by atoms with Gasteiger partial charge in [-0.1, -0.05) is 6.07 Å². The first kappa shape index (κ1) is 14.7. The number of fused-ring (bicyclic) bond motifs is 1. The van der Waals surface area contributed by atoms with E-state index in [0.717, 1.165) is 25.1 Å². The molecular formula is C18H16N2O4. The molecular weight excluding hydrogens is 308 g/mol. The van der Waals surface area contributed by atoms with Crippen molar-refractivity contribution in [3.8, 4) is 11.5 Å². The van der Waals surface area contributed by atoms with Crippen molar-refractivity contribution in [3.63, 3.8) is 0 Å². The fourth-order valence-electron chi connectivity index (χ4n) is 3.05. The number of aliphatic hydroxyl groups is 1. The predicted octanol–water partition coefficient (Wildman–Crippen LogP) is 3.11. The van der Waals surface area contributed by atoms with Crippen molar-refractivity contribution in [1.82, 2.24) is 4.98 Å². The molecule has 1 fully saturated rings. The third-order valence-corrected chi connectivity index (χ3v) is 4.28. The highest BCUT2D eigenvalue weighted by Gasteiger charge is 2.23. The van der Waals surface area contributed by atoms with Gasteiger partial charge in [0.05, 0.1) is 5.56 Å². The second-order valence-corrected chi connectivity index (χ2v) is 5.87. The summed E-state index contributed by atoms with van der Waals surface area (Å²) in [7, 11) is 0. The van der Waals surface area contributed by atoms with Crippen LogP contribution in [0.15, 0.2) is 46.9 Å². The molecule has 122 valence electrons. The third kappa shape index (κ3) is 2.51. The maximum Gasteiger partial charge on any atom is 0.335 e. The average molecular weight is 324 g/mol. The van der Waals surface area contributed by atoms with E-state index in [1.807, 2.05) is 23.1 Å². The van der Waals surface area contributed by atoms with Crippen LogP contribution in [0.2, 0.25) is 0 Å². The van der Waals surface area contributed by atoms with Gasteiger partial charge in [-0.2, -0.15) is 0 Å². The van der Waals surface area contributed by atoms with E-state index in [1.54, 1.807) is 12.1 Å². The second-order valence-electron chi connectivity index (χ2n) is 5.87. The van der Waals surface area contributed by atoms with Crippen molar-refractivity contribution in [3.05, 3.63) is 48.0 Å². The smallest absolute Gasteiger partial charge is 0.335 e. The lowest BCUT2D eigenvalue weighted by Crippen LogP contribution is -2.28. The Labute approximate surface area is 138 Å². The van der Waals surface area contributed by atoms with Crippen molar-refractivity contribution in [2.45, 2.75) is 19.1 Å². The van der Waals surface area contributed by atoms with Crippen LogP contribution in [-0.2, 0) is 0 Å². The van der Waals surface area contributed by atoms with E-state index < -0.39 is 12.2 Å². The SMILES string of the molecule is O=C(O)c1cccc(-c2nc3cc(N4CCC[C@@H]4O)ccc3o2)c1. The van der Waals surface area contributed by atoms with Crippen molar-refractivity contribution < 1.29 is 19.4 Å². The monoisotopic (exact) mass is 324 g/mol. The van der Waals surface area contributed by atoms with E-state index in [-0.39, 0.29) is 5.56 Å². The van der Waals surface area contributed by atoms with Gasteiger partial charge in [0.15, 0.2) is 5.58 Å². The molecule has 0 bridgehead atoms. The molecule has 2 heterocycles. The zero-order chi connectivity index (χ0) is 16.7. The number of nitrogens with zero attached hydrogens (tertiary/aromatic N) is 2. The second kappa shape index (κ2) is 5.65. The van der Waals surface area contributed by atoms with Gasteiger partial charge in [0.2, 0.25) is 5.89 Å². The maximum atomic E-state index is 11.1. The fraction of sp³-hybridized carbons (Fsp3) is 0.222. The Balaban J connectivity index is 1.73. The molecule has 0 radical (unpaired) electrons. The molecule has 6 heteroatoms. The minimum atomic E-state index is -0.988. The number of anilines is 1. The van der Waals surface area contributed by atoms with Crippen molar-refractivity contribution in [2.75, 3.05) is 11.4 Å². The third-order valence-electron chi connectivity index (χ3n) is 4.28. The first-order valence-corrected chi connectivity index (χ1v) is 7.81. The number of rotatable bonds is 3. The molecule has 2 N–H and O–H groups in total. The predicted molar refractivity (Wildman–Crippen MR) is 89.0 cm³/mol. The largest absolute Gasteiger partial charge is 0.478 e. The Morgan fingerprint density at radius 1 is 1.25 bits per heavy atom. The van der Waals surface area contributed by atoms with Gasteiger partial charge in [0.25, 0.3) is 0 Å². The van der Waals surface area contributed by atoms with E-state index in [2.05, 4.69) is 4.98 Å². The molecule has 0 spiro atoms. The summed E-state index contributed by atoms with van der Waals surface area (Å²) in [6.45, 7) is 0.817. The lowest BCUT2D eigenvalue weighted by molar-refractivity contribution is 0.0697. The van der Waals surface area contributed by atoms with Crippen molar-refractivity contribution >= 4 is 22.8 Å². The number of aliphatic hydroxyl groups excluding tert-OH is 1. The number of carboxylic acid groups (broad SMARTS) is 1. The van der Waals surface area contributed by atoms with E-state index in [9.17, 15) is 9.90 Å². The first-order valence-electron chi connectivity index (χ1n) is 7.81. The molecule has 24 heavy (non-hydrogen) atoms. The quantitative estimate of drug-likeness (QED) is 0.770. The Kier molecular flexibility index (Phi) is 3.46. The van der Waals surface area contributed by atoms with E-state index >= 15 is 0 Å². The van der Waals surface area contributed by atoms with Crippen LogP contribution < -0.4 is 4.90 Å². The molecule has 1 saturated heterocycles. The van der Waals surface area contributed by atoms with Gasteiger partial charge in [-0.05, 0) is 49.2 Å². The zero-order valence-electron chi connectivity index (χ0n) is 12.8. The summed E-state index contributed by atoms with van der Waals surface area (Å²) >= 11 is 0. The van der Waals surface area contributed by atoms with Gasteiger partial charge in [0.1, 0.15) is 11.7 Å². The minimum Gasteiger partial charge on any atom is -0.478 e. The number of carboxylic acids is 1. The lowest BCUT2D eigenvalue weighted by Gasteiger charge is -2.22. The molecule has 0 saturated carbocycles. The van der Waals surface area contributed by atoms with Crippen LogP contribution in [0.25, 0.3) is 22.6 Å². The molecule has 1 aliphatic rings. The van der Waals surface area contributed by atoms with Crippen LogP contribution in [0.4, 0.5) is 5.69 Å².